The van der Waals surface area contributed by atoms with E-state index in [0.717, 1.165) is 84.9 Å². The van der Waals surface area contributed by atoms with Crippen molar-refractivity contribution in [2.45, 2.75) is 95.3 Å². The fourth-order valence-electron chi connectivity index (χ4n) is 10.0. The molecule has 4 aliphatic rings. The number of ketones is 1. The summed E-state index contributed by atoms with van der Waals surface area (Å²) in [4.78, 5) is 33.4. The highest BCUT2D eigenvalue weighted by atomic mass is 16.3. The SMILES string of the molecule is CC1=CCC[C@@]2(C)[C@@H](CC[C@@]2(O)CN2CCC(n3c(=O)[nH]c4ccccc43)CC2)c2ccc(cc2C(=O)c2ccccc2-c2ccccc2)C[C@@H](O)CC1. The Balaban J connectivity index is 1.13. The van der Waals surface area contributed by atoms with Gasteiger partial charge in [-0.05, 0) is 111 Å². The molecule has 0 radical (unpaired) electrons. The van der Waals surface area contributed by atoms with Gasteiger partial charge in [0.25, 0.3) is 0 Å². The second-order valence-electron chi connectivity index (χ2n) is 16.5. The number of aliphatic hydroxyl groups excluding tert-OH is 1. The fraction of sp³-hybridized carbons (Fsp3) is 0.404. The molecule has 280 valence electrons. The molecule has 1 saturated carbocycles. The van der Waals surface area contributed by atoms with Crippen molar-refractivity contribution in [1.29, 1.82) is 0 Å². The van der Waals surface area contributed by atoms with E-state index in [-0.39, 0.29) is 23.4 Å². The Hall–Kier alpha value is -4.56. The lowest BCUT2D eigenvalue weighted by molar-refractivity contribution is -0.0870. The number of allylic oxidation sites excluding steroid dienone is 2. The number of imidazole rings is 1. The maximum absolute atomic E-state index is 14.9. The number of carbonyl (C=O) groups is 1. The number of fused-ring (bicyclic) bond motifs is 9. The van der Waals surface area contributed by atoms with Gasteiger partial charge in [-0.1, -0.05) is 97.4 Å². The van der Waals surface area contributed by atoms with Gasteiger partial charge in [-0.15, -0.1) is 0 Å². The Bertz CT molecular complexity index is 2230. The zero-order chi connectivity index (χ0) is 37.5. The third-order valence-corrected chi connectivity index (χ3v) is 13.2. The van der Waals surface area contributed by atoms with Crippen molar-refractivity contribution in [3.05, 3.63) is 141 Å². The minimum Gasteiger partial charge on any atom is -0.393 e. The summed E-state index contributed by atoms with van der Waals surface area (Å²) in [5.41, 5.74) is 6.74. The van der Waals surface area contributed by atoms with Crippen LogP contribution in [-0.2, 0) is 6.42 Å². The molecule has 7 nitrogen and oxygen atoms in total. The molecule has 2 heterocycles. The zero-order valence-corrected chi connectivity index (χ0v) is 31.6. The summed E-state index contributed by atoms with van der Waals surface area (Å²) in [6, 6.07) is 32.2. The first-order valence-corrected chi connectivity index (χ1v) is 19.9. The number of para-hydroxylation sites is 2. The molecule has 2 bridgehead atoms. The number of piperidine rings is 1. The normalized spacial score (nSPS) is 25.7. The molecule has 2 fully saturated rings. The first-order chi connectivity index (χ1) is 26.1. The third-order valence-electron chi connectivity index (χ3n) is 13.2. The van der Waals surface area contributed by atoms with Crippen molar-refractivity contribution in [3.63, 3.8) is 0 Å². The van der Waals surface area contributed by atoms with Crippen LogP contribution in [0, 0.1) is 5.41 Å². The third kappa shape index (κ3) is 6.82. The fourth-order valence-corrected chi connectivity index (χ4v) is 10.0. The van der Waals surface area contributed by atoms with Crippen LogP contribution in [-0.4, -0.2) is 61.8 Å². The second kappa shape index (κ2) is 14.9. The van der Waals surface area contributed by atoms with Crippen LogP contribution in [0.2, 0.25) is 0 Å². The number of rotatable bonds is 6. The lowest BCUT2D eigenvalue weighted by Gasteiger charge is -2.47. The second-order valence-corrected chi connectivity index (χ2v) is 16.5. The molecule has 0 amide bonds. The molecule has 1 saturated heterocycles. The number of hydrogen-bond acceptors (Lipinski definition) is 5. The molecule has 0 unspecified atom stereocenters. The largest absolute Gasteiger partial charge is 0.393 e. The van der Waals surface area contributed by atoms with Gasteiger partial charge in [0.1, 0.15) is 0 Å². The Morgan fingerprint density at radius 3 is 2.43 bits per heavy atom. The molecule has 1 aliphatic heterocycles. The van der Waals surface area contributed by atoms with Crippen molar-refractivity contribution in [3.8, 4) is 11.1 Å². The van der Waals surface area contributed by atoms with E-state index in [1.807, 2.05) is 89.5 Å². The van der Waals surface area contributed by atoms with E-state index in [4.69, 9.17) is 0 Å². The van der Waals surface area contributed by atoms with Gasteiger partial charge in [-0.2, -0.15) is 0 Å². The highest BCUT2D eigenvalue weighted by Gasteiger charge is 2.57. The Morgan fingerprint density at radius 2 is 1.61 bits per heavy atom. The smallest absolute Gasteiger partial charge is 0.326 e. The van der Waals surface area contributed by atoms with E-state index in [1.165, 1.54) is 5.57 Å². The van der Waals surface area contributed by atoms with Gasteiger partial charge in [-0.3, -0.25) is 9.36 Å². The molecule has 54 heavy (non-hydrogen) atoms. The van der Waals surface area contributed by atoms with E-state index in [2.05, 4.69) is 41.9 Å². The van der Waals surface area contributed by atoms with Crippen molar-refractivity contribution < 1.29 is 15.0 Å². The maximum Gasteiger partial charge on any atom is 0.326 e. The van der Waals surface area contributed by atoms with Crippen molar-refractivity contribution in [1.82, 2.24) is 14.5 Å². The summed E-state index contributed by atoms with van der Waals surface area (Å²) >= 11 is 0. The molecular formula is C47H53N3O4. The van der Waals surface area contributed by atoms with Crippen LogP contribution in [0.4, 0.5) is 0 Å². The van der Waals surface area contributed by atoms with Gasteiger partial charge >= 0.3 is 5.69 Å². The average Bonchev–Trinajstić information content (AvgIpc) is 3.65. The highest BCUT2D eigenvalue weighted by molar-refractivity contribution is 6.13. The van der Waals surface area contributed by atoms with Crippen LogP contribution < -0.4 is 5.69 Å². The Morgan fingerprint density at radius 1 is 0.870 bits per heavy atom. The summed E-state index contributed by atoms with van der Waals surface area (Å²) in [7, 11) is 0. The van der Waals surface area contributed by atoms with E-state index >= 15 is 0 Å². The van der Waals surface area contributed by atoms with Crippen molar-refractivity contribution in [2.24, 2.45) is 5.41 Å². The average molecular weight is 724 g/mol. The molecule has 9 rings (SSSR count). The monoisotopic (exact) mass is 723 g/mol. The molecule has 1 aromatic heterocycles. The van der Waals surface area contributed by atoms with E-state index in [9.17, 15) is 19.8 Å². The number of aromatic amines is 1. The van der Waals surface area contributed by atoms with Gasteiger partial charge in [0, 0.05) is 42.2 Å². The van der Waals surface area contributed by atoms with E-state index in [0.29, 0.717) is 36.9 Å². The molecule has 3 N–H and O–H groups in total. The summed E-state index contributed by atoms with van der Waals surface area (Å²) in [6.45, 7) is 6.58. The minimum absolute atomic E-state index is 0.0176. The first kappa shape index (κ1) is 36.4. The number of nitrogens with one attached hydrogen (secondary N) is 1. The van der Waals surface area contributed by atoms with Crippen molar-refractivity contribution in [2.75, 3.05) is 19.6 Å². The standard InChI is InChI=1S/C47H53N3O4/c1-32-11-10-25-46(2)41(22-26-47(46,54)31-49-27-23-35(24-28-49)50-43-17-9-8-16-42(43)48-45(50)53)38-21-19-33(29-36(51)20-18-32)30-40(38)44(52)39-15-7-6-14-37(39)34-12-4-3-5-13-34/h3-9,11-17,19,21,30,35-36,41,51,54H,10,18,20,22-29,31H2,1-2H3,(H,48,53)/t36-,41-,46-,47+/m0/s1. The molecule has 5 aromatic rings. The molecular weight excluding hydrogens is 671 g/mol. The molecule has 4 atom stereocenters. The number of nitrogens with zero attached hydrogens (tertiary/aromatic N) is 2. The summed E-state index contributed by atoms with van der Waals surface area (Å²) in [6.07, 6.45) is 8.47. The molecule has 4 aromatic carbocycles. The lowest BCUT2D eigenvalue weighted by Crippen LogP contribution is -2.54. The number of β-amino-alcohol motifs (C(OH)–C–C–N with tert-alkyl or cyclic N) is 1. The predicted molar refractivity (Wildman–Crippen MR) is 216 cm³/mol. The highest BCUT2D eigenvalue weighted by Crippen LogP contribution is 2.59. The zero-order valence-electron chi connectivity index (χ0n) is 31.6. The number of carbonyl (C=O) groups excluding carboxylic acids is 1. The Labute approximate surface area is 318 Å². The minimum atomic E-state index is -0.974. The number of hydrogen-bond donors (Lipinski definition) is 3. The predicted octanol–water partition coefficient (Wildman–Crippen LogP) is 8.60. The van der Waals surface area contributed by atoms with E-state index < -0.39 is 17.1 Å². The summed E-state index contributed by atoms with van der Waals surface area (Å²) in [5, 5.41) is 24.1. The Kier molecular flexibility index (Phi) is 10.1. The number of benzene rings is 4. The van der Waals surface area contributed by atoms with Crippen LogP contribution in [0.25, 0.3) is 22.2 Å². The molecule has 7 heteroatoms. The van der Waals surface area contributed by atoms with Crippen LogP contribution in [0.3, 0.4) is 0 Å². The summed E-state index contributed by atoms with van der Waals surface area (Å²) < 4.78 is 1.93. The van der Waals surface area contributed by atoms with Gasteiger partial charge in [0.2, 0.25) is 0 Å². The number of H-pyrrole nitrogens is 1. The maximum atomic E-state index is 14.9. The number of likely N-dealkylation sites (tertiary alicyclic amines) is 1. The topological polar surface area (TPSA) is 98.6 Å². The quantitative estimate of drug-likeness (QED) is 0.120. The van der Waals surface area contributed by atoms with Crippen LogP contribution in [0.15, 0.2) is 114 Å². The van der Waals surface area contributed by atoms with Gasteiger partial charge in [0.05, 0.1) is 22.7 Å². The molecule has 3 aliphatic carbocycles. The van der Waals surface area contributed by atoms with Crippen LogP contribution in [0.1, 0.15) is 104 Å². The van der Waals surface area contributed by atoms with E-state index in [1.54, 1.807) is 0 Å². The lowest BCUT2D eigenvalue weighted by atomic mass is 9.64. The summed E-state index contributed by atoms with van der Waals surface area (Å²) in [5.74, 6) is -0.0562. The van der Waals surface area contributed by atoms with Gasteiger partial charge < -0.3 is 20.1 Å². The van der Waals surface area contributed by atoms with Crippen LogP contribution in [0.5, 0.6) is 0 Å². The number of aromatic nitrogens is 2. The van der Waals surface area contributed by atoms with Gasteiger partial charge in [0.15, 0.2) is 5.78 Å². The number of aliphatic hydroxyl groups is 2. The first-order valence-electron chi connectivity index (χ1n) is 19.9. The van der Waals surface area contributed by atoms with Crippen molar-refractivity contribution >= 4 is 16.8 Å². The molecule has 0 spiro atoms. The van der Waals surface area contributed by atoms with Crippen LogP contribution >= 0.6 is 0 Å². The van der Waals surface area contributed by atoms with Gasteiger partial charge in [-0.25, -0.2) is 4.79 Å².